The van der Waals surface area contributed by atoms with Crippen molar-refractivity contribution in [1.82, 2.24) is 19.7 Å². The maximum Gasteiger partial charge on any atom is 0.471 e. The third-order valence-electron chi connectivity index (χ3n) is 4.27. The van der Waals surface area contributed by atoms with Crippen LogP contribution in [0.1, 0.15) is 11.6 Å². The van der Waals surface area contributed by atoms with Gasteiger partial charge in [-0.05, 0) is 36.4 Å². The molecule has 1 N–H and O–H groups in total. The van der Waals surface area contributed by atoms with E-state index in [1.165, 1.54) is 36.7 Å². The van der Waals surface area contributed by atoms with Crippen molar-refractivity contribution in [2.75, 3.05) is 0 Å². The summed E-state index contributed by atoms with van der Waals surface area (Å²) in [5.74, 6) is -2.63. The normalized spacial score (nSPS) is 13.8. The van der Waals surface area contributed by atoms with Gasteiger partial charge in [-0.3, -0.25) is 0 Å². The molecule has 2 aromatic heterocycles. The first-order valence-corrected chi connectivity index (χ1v) is 10.4. The summed E-state index contributed by atoms with van der Waals surface area (Å²) in [5, 5.41) is 3.33. The van der Waals surface area contributed by atoms with Crippen molar-refractivity contribution in [3.05, 3.63) is 78.5 Å². The van der Waals surface area contributed by atoms with Gasteiger partial charge in [-0.25, -0.2) is 18.4 Å². The summed E-state index contributed by atoms with van der Waals surface area (Å²) in [6, 6.07) is 11.6. The van der Waals surface area contributed by atoms with Crippen LogP contribution in [0.4, 0.5) is 17.6 Å². The van der Waals surface area contributed by atoms with Crippen LogP contribution >= 0.6 is 0 Å². The van der Waals surface area contributed by atoms with Crippen LogP contribution in [-0.2, 0) is 21.7 Å². The van der Waals surface area contributed by atoms with Gasteiger partial charge in [-0.1, -0.05) is 17.3 Å². The standard InChI is InChI=1S/C19H13F4N5O2S/c20-15-3-1-2-4-16(15)31(24,29)10-13-9-28(11-25-13)14-7-5-12(6-8-14)17-26-18(30-27-17)19(21,22)23/h1-9,11,24H,10H2. The zero-order chi connectivity index (χ0) is 22.2. The highest BCUT2D eigenvalue weighted by molar-refractivity contribution is 7.91. The number of imidazole rings is 1. The van der Waals surface area contributed by atoms with E-state index in [1.54, 1.807) is 22.9 Å². The average Bonchev–Trinajstić information content (AvgIpc) is 3.38. The summed E-state index contributed by atoms with van der Waals surface area (Å²) in [6.07, 6.45) is -1.75. The second-order valence-corrected chi connectivity index (χ2v) is 8.57. The summed E-state index contributed by atoms with van der Waals surface area (Å²) >= 11 is 0. The number of hydrogen-bond acceptors (Lipinski definition) is 6. The summed E-state index contributed by atoms with van der Waals surface area (Å²) in [6.45, 7) is 0. The first kappa shape index (κ1) is 20.7. The summed E-state index contributed by atoms with van der Waals surface area (Å²) in [7, 11) is -3.44. The van der Waals surface area contributed by atoms with E-state index in [9.17, 15) is 21.8 Å². The third kappa shape index (κ3) is 4.33. The molecule has 7 nitrogen and oxygen atoms in total. The minimum atomic E-state index is -4.72. The van der Waals surface area contributed by atoms with Crippen molar-refractivity contribution in [3.63, 3.8) is 0 Å². The average molecular weight is 451 g/mol. The van der Waals surface area contributed by atoms with E-state index < -0.39 is 27.6 Å². The Morgan fingerprint density at radius 3 is 2.45 bits per heavy atom. The van der Waals surface area contributed by atoms with Gasteiger partial charge in [0.05, 0.1) is 32.4 Å². The molecular formula is C19H13F4N5O2S. The van der Waals surface area contributed by atoms with E-state index in [1.807, 2.05) is 0 Å². The van der Waals surface area contributed by atoms with Gasteiger partial charge >= 0.3 is 12.1 Å². The van der Waals surface area contributed by atoms with E-state index in [0.717, 1.165) is 6.07 Å². The maximum absolute atomic E-state index is 13.9. The lowest BCUT2D eigenvalue weighted by molar-refractivity contribution is -0.159. The first-order valence-electron chi connectivity index (χ1n) is 8.69. The fourth-order valence-corrected chi connectivity index (χ4v) is 4.22. The van der Waals surface area contributed by atoms with Gasteiger partial charge < -0.3 is 9.09 Å². The fourth-order valence-electron chi connectivity index (χ4n) is 2.82. The quantitative estimate of drug-likeness (QED) is 0.444. The van der Waals surface area contributed by atoms with Gasteiger partial charge in [0.25, 0.3) is 0 Å². The number of alkyl halides is 3. The number of halogens is 4. The van der Waals surface area contributed by atoms with Crippen molar-refractivity contribution < 1.29 is 26.3 Å². The molecule has 2 aromatic carbocycles. The minimum absolute atomic E-state index is 0.188. The van der Waals surface area contributed by atoms with E-state index in [2.05, 4.69) is 19.6 Å². The maximum atomic E-state index is 13.9. The number of aromatic nitrogens is 4. The lowest BCUT2D eigenvalue weighted by Crippen LogP contribution is -2.05. The van der Waals surface area contributed by atoms with Gasteiger partial charge in [-0.2, -0.15) is 18.2 Å². The van der Waals surface area contributed by atoms with E-state index in [4.69, 9.17) is 4.78 Å². The van der Waals surface area contributed by atoms with Crippen LogP contribution in [0, 0.1) is 10.6 Å². The summed E-state index contributed by atoms with van der Waals surface area (Å²) in [4.78, 5) is 7.26. The highest BCUT2D eigenvalue weighted by Gasteiger charge is 2.38. The number of nitrogens with zero attached hydrogens (tertiary/aromatic N) is 4. The van der Waals surface area contributed by atoms with Crippen LogP contribution in [0.5, 0.6) is 0 Å². The van der Waals surface area contributed by atoms with Gasteiger partial charge in [-0.15, -0.1) is 0 Å². The molecule has 1 unspecified atom stereocenters. The smallest absolute Gasteiger partial charge is 0.329 e. The van der Waals surface area contributed by atoms with Crippen LogP contribution in [0.2, 0.25) is 0 Å². The Morgan fingerprint density at radius 2 is 1.81 bits per heavy atom. The van der Waals surface area contributed by atoms with E-state index >= 15 is 0 Å². The highest BCUT2D eigenvalue weighted by Crippen LogP contribution is 2.29. The van der Waals surface area contributed by atoms with E-state index in [-0.39, 0.29) is 16.5 Å². The van der Waals surface area contributed by atoms with Crippen molar-refractivity contribution in [1.29, 1.82) is 4.78 Å². The molecule has 0 aliphatic heterocycles. The molecule has 0 fully saturated rings. The molecule has 160 valence electrons. The lowest BCUT2D eigenvalue weighted by Gasteiger charge is -2.07. The fraction of sp³-hybridized carbons (Fsp3) is 0.105. The van der Waals surface area contributed by atoms with Crippen LogP contribution in [0.3, 0.4) is 0 Å². The van der Waals surface area contributed by atoms with Crippen LogP contribution in [0.25, 0.3) is 17.1 Å². The number of rotatable bonds is 5. The molecule has 0 spiro atoms. The van der Waals surface area contributed by atoms with Crippen molar-refractivity contribution in [3.8, 4) is 17.1 Å². The number of hydrogen-bond donors (Lipinski definition) is 1. The van der Waals surface area contributed by atoms with Crippen LogP contribution < -0.4 is 0 Å². The molecule has 0 aliphatic carbocycles. The lowest BCUT2D eigenvalue weighted by atomic mass is 10.2. The molecule has 0 radical (unpaired) electrons. The van der Waals surface area contributed by atoms with Crippen LogP contribution in [0.15, 0.2) is 70.5 Å². The summed E-state index contributed by atoms with van der Waals surface area (Å²) in [5.41, 5.74) is 1.24. The predicted molar refractivity (Wildman–Crippen MR) is 101 cm³/mol. The molecule has 0 saturated heterocycles. The van der Waals surface area contributed by atoms with Crippen molar-refractivity contribution >= 4 is 9.73 Å². The SMILES string of the molecule is N=S(=O)(Cc1cn(-c2ccc(-c3noc(C(F)(F)F)n3)cc2)cn1)c1ccccc1F. The van der Waals surface area contributed by atoms with Gasteiger partial charge in [0, 0.05) is 17.4 Å². The topological polar surface area (TPSA) is 97.7 Å². The van der Waals surface area contributed by atoms with Gasteiger partial charge in [0.15, 0.2) is 0 Å². The molecule has 12 heteroatoms. The first-order chi connectivity index (χ1) is 14.6. The Bertz CT molecular complexity index is 1330. The molecule has 0 saturated carbocycles. The zero-order valence-electron chi connectivity index (χ0n) is 15.5. The van der Waals surface area contributed by atoms with Crippen molar-refractivity contribution in [2.24, 2.45) is 0 Å². The number of nitrogens with one attached hydrogen (secondary N) is 1. The molecule has 4 aromatic rings. The monoisotopic (exact) mass is 451 g/mol. The Labute approximate surface area is 173 Å². The molecule has 0 aliphatic rings. The Kier molecular flexibility index (Phi) is 5.09. The van der Waals surface area contributed by atoms with Crippen molar-refractivity contribution in [2.45, 2.75) is 16.8 Å². The molecule has 0 amide bonds. The molecule has 1 atom stereocenters. The zero-order valence-corrected chi connectivity index (χ0v) is 16.3. The molecule has 0 bridgehead atoms. The predicted octanol–water partition coefficient (Wildman–Crippen LogP) is 4.69. The molecule has 2 heterocycles. The Hall–Kier alpha value is -3.54. The summed E-state index contributed by atoms with van der Waals surface area (Å²) < 4.78 is 78.2. The molecular weight excluding hydrogens is 438 g/mol. The Morgan fingerprint density at radius 1 is 1.10 bits per heavy atom. The van der Waals surface area contributed by atoms with Crippen LogP contribution in [-0.4, -0.2) is 23.9 Å². The third-order valence-corrected chi connectivity index (χ3v) is 6.02. The second kappa shape index (κ2) is 7.61. The van der Waals surface area contributed by atoms with Gasteiger partial charge in [0.2, 0.25) is 5.82 Å². The Balaban J connectivity index is 1.53. The number of benzene rings is 2. The highest BCUT2D eigenvalue weighted by atomic mass is 32.2. The largest absolute Gasteiger partial charge is 0.471 e. The van der Waals surface area contributed by atoms with E-state index in [0.29, 0.717) is 16.9 Å². The van der Waals surface area contributed by atoms with Gasteiger partial charge in [0.1, 0.15) is 5.82 Å². The molecule has 4 rings (SSSR count). The minimum Gasteiger partial charge on any atom is -0.329 e. The second-order valence-electron chi connectivity index (χ2n) is 6.49. The molecule has 31 heavy (non-hydrogen) atoms.